The third-order valence-electron chi connectivity index (χ3n) is 9.93. The monoisotopic (exact) mass is 801 g/mol. The molecule has 2 amide bonds. The van der Waals surface area contributed by atoms with Crippen LogP contribution in [0.2, 0.25) is 0 Å². The number of esters is 1. The Morgan fingerprint density at radius 3 is 1.84 bits per heavy atom. The maximum atomic E-state index is 15.2. The van der Waals surface area contributed by atoms with Crippen molar-refractivity contribution < 1.29 is 33.6 Å². The summed E-state index contributed by atoms with van der Waals surface area (Å²) in [4.78, 5) is 69.3. The number of carbonyl (C=O) groups is 4. The van der Waals surface area contributed by atoms with Gasteiger partial charge in [-0.25, -0.2) is 4.79 Å². The van der Waals surface area contributed by atoms with Gasteiger partial charge in [-0.3, -0.25) is 29.4 Å². The second-order valence-electron chi connectivity index (χ2n) is 13.6. The zero-order chi connectivity index (χ0) is 39.8. The molecular weight excluding hydrogens is 762 g/mol. The molecule has 290 valence electrons. The van der Waals surface area contributed by atoms with Crippen molar-refractivity contribution in [3.63, 3.8) is 0 Å². The summed E-state index contributed by atoms with van der Waals surface area (Å²) in [7, 11) is 0. The van der Waals surface area contributed by atoms with Crippen molar-refractivity contribution in [3.8, 4) is 0 Å². The lowest BCUT2D eigenvalue weighted by atomic mass is 10.1. The zero-order valence-electron chi connectivity index (χ0n) is 30.8. The van der Waals surface area contributed by atoms with Crippen LogP contribution >= 0.6 is 18.6 Å². The van der Waals surface area contributed by atoms with Gasteiger partial charge in [-0.05, 0) is 52.0 Å². The third kappa shape index (κ3) is 8.49. The molecule has 3 unspecified atom stereocenters. The van der Waals surface area contributed by atoms with Gasteiger partial charge in [0, 0.05) is 25.6 Å². The topological polar surface area (TPSA) is 145 Å². The van der Waals surface area contributed by atoms with Crippen LogP contribution in [0.3, 0.4) is 0 Å². The predicted octanol–water partition coefficient (Wildman–Crippen LogP) is 5.14. The first-order valence-electron chi connectivity index (χ1n) is 18.5. The number of nitro groups is 1. The Kier molecular flexibility index (Phi) is 12.4. The number of ether oxygens (including phenoxy) is 2. The number of nitrogens with one attached hydrogen (secondary N) is 1. The van der Waals surface area contributed by atoms with Crippen molar-refractivity contribution in [2.24, 2.45) is 0 Å². The highest BCUT2D eigenvalue weighted by molar-refractivity contribution is 8.01. The molecule has 5 aromatic rings. The molecule has 11 nitrogen and oxygen atoms in total. The van der Waals surface area contributed by atoms with E-state index in [0.29, 0.717) is 18.6 Å². The number of carbonyl (C=O) groups excluding carboxylic acids is 4. The SMILES string of the molecule is O=C(Cc1ccccc1)NC1C(=O)N(C(C(=O)OCc2ccc([N+](=O)[O-])cc2)=P(c2ccccc2)(c2ccccc2)c2ccccc2)C1SCC(=O)C1CCCO1. The molecule has 0 aliphatic carbocycles. The number of likely N-dealkylation sites (tertiary alicyclic amines) is 1. The highest BCUT2D eigenvalue weighted by Gasteiger charge is 2.55. The van der Waals surface area contributed by atoms with E-state index in [0.717, 1.165) is 27.9 Å². The van der Waals surface area contributed by atoms with E-state index in [1.807, 2.05) is 121 Å². The van der Waals surface area contributed by atoms with Crippen LogP contribution in [0, 0.1) is 10.1 Å². The number of benzene rings is 5. The van der Waals surface area contributed by atoms with E-state index < -0.39 is 41.2 Å². The van der Waals surface area contributed by atoms with Crippen LogP contribution in [0.25, 0.3) is 0 Å². The molecule has 13 heteroatoms. The maximum absolute atomic E-state index is 15.2. The van der Waals surface area contributed by atoms with Crippen LogP contribution < -0.4 is 21.2 Å². The van der Waals surface area contributed by atoms with Crippen molar-refractivity contribution in [2.75, 3.05) is 12.4 Å². The van der Waals surface area contributed by atoms with Crippen LogP contribution in [0.1, 0.15) is 24.0 Å². The Morgan fingerprint density at radius 2 is 1.33 bits per heavy atom. The van der Waals surface area contributed by atoms with E-state index in [1.165, 1.54) is 40.9 Å². The number of non-ortho nitro benzene ring substituents is 1. The Morgan fingerprint density at radius 1 is 0.789 bits per heavy atom. The quantitative estimate of drug-likeness (QED) is 0.0501. The number of nitrogens with zero attached hydrogens (tertiary/aromatic N) is 2. The van der Waals surface area contributed by atoms with Crippen molar-refractivity contribution in [2.45, 2.75) is 43.4 Å². The first-order chi connectivity index (χ1) is 27.8. The van der Waals surface area contributed by atoms with Gasteiger partial charge in [0.15, 0.2) is 5.78 Å². The third-order valence-corrected chi connectivity index (χ3v) is 15.5. The summed E-state index contributed by atoms with van der Waals surface area (Å²) in [6, 6.07) is 42.3. The number of ketones is 1. The maximum Gasteiger partial charge on any atom is 0.356 e. The molecule has 0 radical (unpaired) electrons. The molecule has 7 rings (SSSR count). The Bertz CT molecular complexity index is 2190. The van der Waals surface area contributed by atoms with E-state index in [1.54, 1.807) is 0 Å². The van der Waals surface area contributed by atoms with Gasteiger partial charge in [0.2, 0.25) is 5.91 Å². The molecule has 57 heavy (non-hydrogen) atoms. The molecule has 2 fully saturated rings. The summed E-state index contributed by atoms with van der Waals surface area (Å²) < 4.78 is 11.8. The molecular formula is C44H40N3O8PS. The Labute approximate surface area is 334 Å². The van der Waals surface area contributed by atoms with Gasteiger partial charge >= 0.3 is 5.97 Å². The molecule has 5 aromatic carbocycles. The molecule has 2 aliphatic heterocycles. The van der Waals surface area contributed by atoms with Crippen LogP contribution in [-0.4, -0.2) is 68.7 Å². The second kappa shape index (κ2) is 18.0. The van der Waals surface area contributed by atoms with Crippen LogP contribution in [-0.2, 0) is 41.7 Å². The minimum Gasteiger partial charge on any atom is -0.456 e. The van der Waals surface area contributed by atoms with Crippen LogP contribution in [0.5, 0.6) is 0 Å². The molecule has 0 saturated carbocycles. The van der Waals surface area contributed by atoms with Gasteiger partial charge in [-0.15, -0.1) is 11.8 Å². The van der Waals surface area contributed by atoms with Crippen LogP contribution in [0.4, 0.5) is 5.69 Å². The number of nitro benzene ring substituents is 1. The largest absolute Gasteiger partial charge is 0.456 e. The molecule has 3 atom stereocenters. The van der Waals surface area contributed by atoms with Crippen LogP contribution in [0.15, 0.2) is 146 Å². The van der Waals surface area contributed by atoms with Gasteiger partial charge < -0.3 is 14.8 Å². The number of hydrogen-bond acceptors (Lipinski definition) is 9. The lowest BCUT2D eigenvalue weighted by Gasteiger charge is -2.49. The van der Waals surface area contributed by atoms with Gasteiger partial charge in [0.05, 0.1) is 17.1 Å². The summed E-state index contributed by atoms with van der Waals surface area (Å²) in [6.07, 6.45) is 0.831. The van der Waals surface area contributed by atoms with E-state index >= 15 is 4.79 Å². The molecule has 2 aliphatic rings. The number of Topliss-reactive ketones (excluding diaryl/α,β-unsaturated/α-hetero) is 1. The molecule has 0 bridgehead atoms. The lowest BCUT2D eigenvalue weighted by Crippen LogP contribution is -2.72. The standard InChI is InChI=1S/C44H40N3O8PS/c48-37(38-22-13-27-54-38)30-57-43-40(45-39(49)28-31-14-5-1-6-15-31)41(50)46(43)42(44(51)55-29-32-23-25-33(26-24-32)47(52)53)56(34-16-7-2-8-17-34,35-18-9-3-10-19-35)36-20-11-4-12-21-36/h1-12,14-21,23-26,38,40,43H,13,22,27-30H2,(H,45,49). The van der Waals surface area contributed by atoms with Gasteiger partial charge in [-0.2, -0.15) is 0 Å². The molecule has 2 saturated heterocycles. The summed E-state index contributed by atoms with van der Waals surface area (Å²) in [5.74, 6) is -1.84. The van der Waals surface area contributed by atoms with Crippen molar-refractivity contribution in [1.29, 1.82) is 0 Å². The van der Waals surface area contributed by atoms with Gasteiger partial charge in [0.1, 0.15) is 29.5 Å². The summed E-state index contributed by atoms with van der Waals surface area (Å²) >= 11 is 1.18. The summed E-state index contributed by atoms with van der Waals surface area (Å²) in [5.41, 5.74) is 1.24. The number of hydrogen-bond donors (Lipinski definition) is 1. The predicted molar refractivity (Wildman–Crippen MR) is 222 cm³/mol. The molecule has 0 aromatic heterocycles. The lowest BCUT2D eigenvalue weighted by molar-refractivity contribution is -0.384. The molecule has 0 spiro atoms. The van der Waals surface area contributed by atoms with E-state index in [-0.39, 0.29) is 41.6 Å². The Balaban J connectivity index is 1.40. The smallest absolute Gasteiger partial charge is 0.356 e. The minimum absolute atomic E-state index is 0.0251. The average molecular weight is 802 g/mol. The fourth-order valence-corrected chi connectivity index (χ4v) is 12.9. The number of β-lactam (4-membered cyclic amide) rings is 1. The summed E-state index contributed by atoms with van der Waals surface area (Å²) in [5, 5.41) is 15.7. The first kappa shape index (κ1) is 39.4. The molecule has 1 N–H and O–H groups in total. The highest BCUT2D eigenvalue weighted by Crippen LogP contribution is 2.49. The zero-order valence-corrected chi connectivity index (χ0v) is 32.6. The van der Waals surface area contributed by atoms with Gasteiger partial charge in [-0.1, -0.05) is 121 Å². The first-order valence-corrected chi connectivity index (χ1v) is 21.4. The van der Waals surface area contributed by atoms with Crippen molar-refractivity contribution in [3.05, 3.63) is 167 Å². The van der Waals surface area contributed by atoms with Gasteiger partial charge in [0.25, 0.3) is 11.6 Å². The Hall–Kier alpha value is -5.81. The molecule has 2 heterocycles. The minimum atomic E-state index is -3.32. The highest BCUT2D eigenvalue weighted by atomic mass is 32.2. The normalized spacial score (nSPS) is 17.6. The van der Waals surface area contributed by atoms with Crippen molar-refractivity contribution >= 4 is 69.2 Å². The fraction of sp³-hybridized carbons (Fsp3) is 0.205. The summed E-state index contributed by atoms with van der Waals surface area (Å²) in [6.45, 7) is -3.07. The van der Waals surface area contributed by atoms with Crippen molar-refractivity contribution in [1.82, 2.24) is 10.2 Å². The number of rotatable bonds is 15. The fourth-order valence-electron chi connectivity index (χ4n) is 7.18. The number of amides is 2. The second-order valence-corrected chi connectivity index (χ2v) is 18.0. The van der Waals surface area contributed by atoms with E-state index in [9.17, 15) is 24.5 Å². The van der Waals surface area contributed by atoms with E-state index in [4.69, 9.17) is 9.47 Å². The van der Waals surface area contributed by atoms with E-state index in [2.05, 4.69) is 5.32 Å². The average Bonchev–Trinajstić information content (AvgIpc) is 3.80. The number of thioether (sulfide) groups is 1.